The summed E-state index contributed by atoms with van der Waals surface area (Å²) in [7, 11) is 0. The highest BCUT2D eigenvalue weighted by molar-refractivity contribution is 5.98. The molecular formula is C35H41N5O6. The van der Waals surface area contributed by atoms with Gasteiger partial charge in [-0.3, -0.25) is 9.59 Å². The highest BCUT2D eigenvalue weighted by Gasteiger charge is 2.34. The second-order valence-corrected chi connectivity index (χ2v) is 12.7. The first kappa shape index (κ1) is 33.7. The Hall–Kier alpha value is -5.19. The van der Waals surface area contributed by atoms with Crippen LogP contribution in [0.2, 0.25) is 0 Å². The minimum atomic E-state index is -1.39. The van der Waals surface area contributed by atoms with E-state index in [1.54, 1.807) is 26.8 Å². The Morgan fingerprint density at radius 1 is 0.913 bits per heavy atom. The molecule has 4 aromatic rings. The number of alkyl carbamates (subject to hydrolysis) is 1. The molecule has 0 saturated carbocycles. The second-order valence-electron chi connectivity index (χ2n) is 12.7. The smallest absolute Gasteiger partial charge is 0.408 e. The van der Waals surface area contributed by atoms with Crippen LogP contribution in [0.3, 0.4) is 0 Å². The number of fused-ring (bicyclic) bond motifs is 1. The van der Waals surface area contributed by atoms with Gasteiger partial charge in [0.25, 0.3) is 0 Å². The van der Waals surface area contributed by atoms with Gasteiger partial charge in [0.15, 0.2) is 11.9 Å². The monoisotopic (exact) mass is 627 g/mol. The number of carbonyl (C=O) groups excluding carboxylic acids is 3. The number of rotatable bonds is 12. The molecule has 11 nitrogen and oxygen atoms in total. The van der Waals surface area contributed by atoms with Crippen LogP contribution in [0.1, 0.15) is 64.6 Å². The number of imidazole rings is 1. The van der Waals surface area contributed by atoms with Crippen LogP contribution in [0.5, 0.6) is 0 Å². The molecule has 0 aliphatic rings. The third-order valence-corrected chi connectivity index (χ3v) is 7.28. The fraction of sp³-hybridized carbons (Fsp3) is 0.343. The molecule has 1 aromatic heterocycles. The molecule has 2 atom stereocenters. The Bertz CT molecular complexity index is 1690. The number of benzene rings is 3. The molecular weight excluding hydrogens is 586 g/mol. The Morgan fingerprint density at radius 2 is 1.59 bits per heavy atom. The van der Waals surface area contributed by atoms with Gasteiger partial charge >= 0.3 is 12.1 Å². The van der Waals surface area contributed by atoms with Gasteiger partial charge in [-0.15, -0.1) is 0 Å². The van der Waals surface area contributed by atoms with Gasteiger partial charge in [-0.1, -0.05) is 66.7 Å². The number of hydrogen-bond donors (Lipinski definition) is 4. The number of anilines is 1. The van der Waals surface area contributed by atoms with Crippen molar-refractivity contribution in [2.75, 3.05) is 5.32 Å². The summed E-state index contributed by atoms with van der Waals surface area (Å²) in [5, 5.41) is 20.0. The molecule has 0 bridgehead atoms. The minimum absolute atomic E-state index is 0.130. The van der Waals surface area contributed by atoms with Crippen LogP contribution < -0.4 is 16.0 Å². The maximum Gasteiger partial charge on any atom is 0.408 e. The Kier molecular flexibility index (Phi) is 10.5. The van der Waals surface area contributed by atoms with Crippen molar-refractivity contribution in [2.24, 2.45) is 0 Å². The normalized spacial score (nSPS) is 13.0. The van der Waals surface area contributed by atoms with Gasteiger partial charge in [-0.05, 0) is 81.8 Å². The Labute approximate surface area is 268 Å². The summed E-state index contributed by atoms with van der Waals surface area (Å²) < 4.78 is 6.71. The third kappa shape index (κ3) is 9.16. The van der Waals surface area contributed by atoms with Gasteiger partial charge < -0.3 is 30.4 Å². The lowest BCUT2D eigenvalue weighted by Gasteiger charge is -2.29. The van der Waals surface area contributed by atoms with E-state index >= 15 is 0 Å². The predicted octanol–water partition coefficient (Wildman–Crippen LogP) is 5.46. The first-order chi connectivity index (χ1) is 21.7. The van der Waals surface area contributed by atoms with E-state index in [1.807, 2.05) is 66.7 Å². The largest absolute Gasteiger partial charge is 0.479 e. The summed E-state index contributed by atoms with van der Waals surface area (Å²) in [6.07, 6.45) is 3.59. The third-order valence-electron chi connectivity index (χ3n) is 7.28. The average Bonchev–Trinajstić information content (AvgIpc) is 3.43. The lowest BCUT2D eigenvalue weighted by atomic mass is 10.0. The lowest BCUT2D eigenvalue weighted by Crippen LogP contribution is -2.58. The van der Waals surface area contributed by atoms with Crippen molar-refractivity contribution in [2.45, 2.75) is 77.1 Å². The number of amides is 3. The van der Waals surface area contributed by atoms with E-state index in [2.05, 4.69) is 20.9 Å². The maximum atomic E-state index is 13.6. The summed E-state index contributed by atoms with van der Waals surface area (Å²) in [5.41, 5.74) is -0.510. The van der Waals surface area contributed by atoms with E-state index in [-0.39, 0.29) is 5.82 Å². The summed E-state index contributed by atoms with van der Waals surface area (Å²) in [5.74, 6) is -2.06. The number of hydrogen-bond acceptors (Lipinski definition) is 6. The molecule has 3 aromatic carbocycles. The zero-order valence-electron chi connectivity index (χ0n) is 26.7. The van der Waals surface area contributed by atoms with E-state index in [0.29, 0.717) is 24.8 Å². The number of aliphatic carboxylic acids is 1. The number of carbonyl (C=O) groups is 4. The SMILES string of the molecule is CC(C)(C)OC(=O)NC(C)(C)C(=O)NC(CCCc1ccccc1)C(=O)Nc1cn(C(C(=O)O)c2ccc3ccccc3c2)cn1. The molecule has 4 rings (SSSR count). The van der Waals surface area contributed by atoms with Gasteiger partial charge in [0.1, 0.15) is 17.2 Å². The number of carboxylic acid groups (broad SMARTS) is 1. The fourth-order valence-corrected chi connectivity index (χ4v) is 4.95. The standard InChI is InChI=1S/C35H41N5O6/c1-34(2,3)46-33(45)39-35(4,5)32(44)37-27(17-11-14-23-12-7-6-8-13-23)30(41)38-28-21-40(22-36-28)29(31(42)43)26-19-18-24-15-9-10-16-25(24)20-26/h6-10,12-13,15-16,18-22,27,29H,11,14,17H2,1-5H3,(H,37,44)(H,38,41)(H,39,45)(H,42,43). The summed E-state index contributed by atoms with van der Waals surface area (Å²) >= 11 is 0. The first-order valence-electron chi connectivity index (χ1n) is 15.1. The molecule has 0 saturated heterocycles. The number of aromatic nitrogens is 2. The van der Waals surface area contributed by atoms with Crippen molar-refractivity contribution in [3.05, 3.63) is 96.4 Å². The van der Waals surface area contributed by atoms with Gasteiger partial charge in [0.05, 0.1) is 6.33 Å². The average molecular weight is 628 g/mol. The number of nitrogens with one attached hydrogen (secondary N) is 3. The molecule has 242 valence electrons. The van der Waals surface area contributed by atoms with Crippen molar-refractivity contribution >= 4 is 40.5 Å². The maximum absolute atomic E-state index is 13.6. The zero-order valence-corrected chi connectivity index (χ0v) is 26.7. The molecule has 46 heavy (non-hydrogen) atoms. The van der Waals surface area contributed by atoms with E-state index in [4.69, 9.17) is 4.74 Å². The van der Waals surface area contributed by atoms with Crippen LogP contribution in [-0.4, -0.2) is 55.7 Å². The van der Waals surface area contributed by atoms with Crippen LogP contribution in [0, 0.1) is 0 Å². The van der Waals surface area contributed by atoms with Gasteiger partial charge in [-0.2, -0.15) is 0 Å². The minimum Gasteiger partial charge on any atom is -0.479 e. The summed E-state index contributed by atoms with van der Waals surface area (Å²) in [6, 6.07) is 20.8. The molecule has 0 radical (unpaired) electrons. The molecule has 1 heterocycles. The summed E-state index contributed by atoms with van der Waals surface area (Å²) in [4.78, 5) is 55.9. The molecule has 0 aliphatic heterocycles. The van der Waals surface area contributed by atoms with E-state index in [1.165, 1.54) is 30.9 Å². The highest BCUT2D eigenvalue weighted by atomic mass is 16.6. The number of nitrogens with zero attached hydrogens (tertiary/aromatic N) is 2. The Balaban J connectivity index is 1.50. The topological polar surface area (TPSA) is 152 Å². The molecule has 0 aliphatic carbocycles. The predicted molar refractivity (Wildman–Crippen MR) is 175 cm³/mol. The molecule has 0 fully saturated rings. The number of aryl methyl sites for hydroxylation is 1. The van der Waals surface area contributed by atoms with Crippen molar-refractivity contribution in [1.29, 1.82) is 0 Å². The van der Waals surface area contributed by atoms with E-state index in [0.717, 1.165) is 16.3 Å². The summed E-state index contributed by atoms with van der Waals surface area (Å²) in [6.45, 7) is 8.19. The van der Waals surface area contributed by atoms with Gasteiger partial charge in [0.2, 0.25) is 11.8 Å². The lowest BCUT2D eigenvalue weighted by molar-refractivity contribution is -0.139. The van der Waals surface area contributed by atoms with Crippen LogP contribution in [0.15, 0.2) is 85.3 Å². The quantitative estimate of drug-likeness (QED) is 0.163. The van der Waals surface area contributed by atoms with Gasteiger partial charge in [-0.25, -0.2) is 14.6 Å². The molecule has 4 N–H and O–H groups in total. The van der Waals surface area contributed by atoms with Crippen LogP contribution >= 0.6 is 0 Å². The van der Waals surface area contributed by atoms with Crippen molar-refractivity contribution < 1.29 is 29.0 Å². The van der Waals surface area contributed by atoms with Crippen LogP contribution in [-0.2, 0) is 25.5 Å². The highest BCUT2D eigenvalue weighted by Crippen LogP contribution is 2.25. The van der Waals surface area contributed by atoms with Crippen molar-refractivity contribution in [1.82, 2.24) is 20.2 Å². The fourth-order valence-electron chi connectivity index (χ4n) is 4.95. The van der Waals surface area contributed by atoms with Gasteiger partial charge in [0, 0.05) is 6.20 Å². The van der Waals surface area contributed by atoms with E-state index < -0.39 is 47.1 Å². The van der Waals surface area contributed by atoms with Crippen molar-refractivity contribution in [3.8, 4) is 0 Å². The Morgan fingerprint density at radius 3 is 2.26 bits per heavy atom. The molecule has 2 unspecified atom stereocenters. The van der Waals surface area contributed by atoms with Crippen LogP contribution in [0.25, 0.3) is 10.8 Å². The van der Waals surface area contributed by atoms with Crippen LogP contribution in [0.4, 0.5) is 10.6 Å². The number of carboxylic acids is 1. The second kappa shape index (κ2) is 14.3. The van der Waals surface area contributed by atoms with Crippen molar-refractivity contribution in [3.63, 3.8) is 0 Å². The molecule has 3 amide bonds. The first-order valence-corrected chi connectivity index (χ1v) is 15.1. The molecule has 0 spiro atoms. The zero-order chi connectivity index (χ0) is 33.5. The van der Waals surface area contributed by atoms with E-state index in [9.17, 15) is 24.3 Å². The molecule has 11 heteroatoms. The number of ether oxygens (including phenoxy) is 1.